The smallest absolute Gasteiger partial charge is 0.407 e. The number of nitro groups is 1. The van der Waals surface area contributed by atoms with Crippen LogP contribution in [0.2, 0.25) is 0 Å². The first-order valence-electron chi connectivity index (χ1n) is 8.14. The highest BCUT2D eigenvalue weighted by Gasteiger charge is 2.13. The van der Waals surface area contributed by atoms with Crippen LogP contribution in [-0.2, 0) is 24.1 Å². The minimum atomic E-state index is -0.452. The number of nitrogens with zero attached hydrogens (tertiary/aromatic N) is 2. The summed E-state index contributed by atoms with van der Waals surface area (Å²) in [6.45, 7) is 4.51. The van der Waals surface area contributed by atoms with Crippen molar-refractivity contribution in [1.82, 2.24) is 10.3 Å². The normalized spacial score (nSPS) is 10.5. The van der Waals surface area contributed by atoms with E-state index in [1.165, 1.54) is 12.1 Å². The quantitative estimate of drug-likeness (QED) is 0.568. The highest BCUT2D eigenvalue weighted by atomic mass is 32.1. The van der Waals surface area contributed by atoms with Gasteiger partial charge in [0.15, 0.2) is 0 Å². The molecule has 8 heteroatoms. The summed E-state index contributed by atoms with van der Waals surface area (Å²) in [5.41, 5.74) is 2.10. The molecule has 0 spiro atoms. The van der Waals surface area contributed by atoms with Crippen molar-refractivity contribution in [2.24, 2.45) is 0 Å². The fraction of sp³-hybridized carbons (Fsp3) is 0.412. The number of carbonyl (C=O) groups is 1. The van der Waals surface area contributed by atoms with Crippen molar-refractivity contribution in [3.05, 3.63) is 55.5 Å². The largest absolute Gasteiger partial charge is 0.450 e. The van der Waals surface area contributed by atoms with Gasteiger partial charge in [0.05, 0.1) is 23.8 Å². The first-order chi connectivity index (χ1) is 12.0. The molecule has 7 nitrogen and oxygen atoms in total. The SMILES string of the molecule is CCCc1nc(CNC(=O)OCC)sc1Cc1ccc([N+](=O)[O-])cc1. The molecule has 0 aliphatic rings. The van der Waals surface area contributed by atoms with E-state index in [4.69, 9.17) is 4.74 Å². The van der Waals surface area contributed by atoms with Crippen LogP contribution in [0, 0.1) is 10.1 Å². The average Bonchev–Trinajstić information content (AvgIpc) is 2.96. The second kappa shape index (κ2) is 9.12. The van der Waals surface area contributed by atoms with Gasteiger partial charge in [-0.3, -0.25) is 10.1 Å². The standard InChI is InChI=1S/C17H21N3O4S/c1-3-5-14-15(10-12-6-8-13(9-7-12)20(22)23)25-16(19-14)11-18-17(21)24-4-2/h6-9H,3-5,10-11H2,1-2H3,(H,18,21). The van der Waals surface area contributed by atoms with Gasteiger partial charge in [0.2, 0.25) is 0 Å². The number of nitro benzene ring substituents is 1. The molecule has 1 amide bonds. The summed E-state index contributed by atoms with van der Waals surface area (Å²) in [5.74, 6) is 0. The molecule has 1 aromatic carbocycles. The Hall–Kier alpha value is -2.48. The maximum atomic E-state index is 11.4. The van der Waals surface area contributed by atoms with E-state index < -0.39 is 11.0 Å². The van der Waals surface area contributed by atoms with E-state index >= 15 is 0 Å². The fourth-order valence-electron chi connectivity index (χ4n) is 2.33. The Kier molecular flexibility index (Phi) is 6.88. The number of aryl methyl sites for hydroxylation is 1. The van der Waals surface area contributed by atoms with E-state index in [1.54, 1.807) is 30.4 Å². The number of hydrogen-bond acceptors (Lipinski definition) is 6. The van der Waals surface area contributed by atoms with E-state index in [9.17, 15) is 14.9 Å². The second-order valence-electron chi connectivity index (χ2n) is 5.40. The van der Waals surface area contributed by atoms with Crippen LogP contribution >= 0.6 is 11.3 Å². The van der Waals surface area contributed by atoms with E-state index in [0.717, 1.165) is 34.0 Å². The molecule has 0 saturated carbocycles. The highest BCUT2D eigenvalue weighted by molar-refractivity contribution is 7.11. The Morgan fingerprint density at radius 1 is 1.32 bits per heavy atom. The number of aromatic nitrogens is 1. The van der Waals surface area contributed by atoms with Gasteiger partial charge in [0.25, 0.3) is 5.69 Å². The molecule has 2 rings (SSSR count). The number of nitrogens with one attached hydrogen (secondary N) is 1. The highest BCUT2D eigenvalue weighted by Crippen LogP contribution is 2.24. The molecule has 2 aromatic rings. The Morgan fingerprint density at radius 3 is 2.64 bits per heavy atom. The van der Waals surface area contributed by atoms with Gasteiger partial charge in [-0.15, -0.1) is 11.3 Å². The zero-order valence-electron chi connectivity index (χ0n) is 14.3. The molecular formula is C17H21N3O4S. The predicted molar refractivity (Wildman–Crippen MR) is 95.9 cm³/mol. The summed E-state index contributed by atoms with van der Waals surface area (Å²) in [5, 5.41) is 14.2. The van der Waals surface area contributed by atoms with Crippen molar-refractivity contribution in [2.45, 2.75) is 39.7 Å². The average molecular weight is 363 g/mol. The number of ether oxygens (including phenoxy) is 1. The van der Waals surface area contributed by atoms with Crippen molar-refractivity contribution in [3.63, 3.8) is 0 Å². The zero-order chi connectivity index (χ0) is 18.2. The van der Waals surface area contributed by atoms with Crippen LogP contribution in [0.4, 0.5) is 10.5 Å². The minimum Gasteiger partial charge on any atom is -0.450 e. The third-order valence-electron chi connectivity index (χ3n) is 3.48. The number of benzene rings is 1. The van der Waals surface area contributed by atoms with Crippen molar-refractivity contribution in [1.29, 1.82) is 0 Å². The van der Waals surface area contributed by atoms with Gasteiger partial charge in [-0.1, -0.05) is 25.5 Å². The van der Waals surface area contributed by atoms with Crippen LogP contribution in [0.25, 0.3) is 0 Å². The lowest BCUT2D eigenvalue weighted by Crippen LogP contribution is -2.23. The molecule has 0 aliphatic carbocycles. The van der Waals surface area contributed by atoms with Gasteiger partial charge in [-0.2, -0.15) is 0 Å². The number of amides is 1. The van der Waals surface area contributed by atoms with Crippen molar-refractivity contribution >= 4 is 23.1 Å². The van der Waals surface area contributed by atoms with E-state index in [1.807, 2.05) is 0 Å². The first kappa shape index (κ1) is 18.9. The van der Waals surface area contributed by atoms with Crippen molar-refractivity contribution in [2.75, 3.05) is 6.61 Å². The molecule has 0 bridgehead atoms. The molecule has 1 aromatic heterocycles. The lowest BCUT2D eigenvalue weighted by atomic mass is 10.1. The predicted octanol–water partition coefficient (Wildman–Crippen LogP) is 3.84. The van der Waals surface area contributed by atoms with Crippen LogP contribution in [-0.4, -0.2) is 22.6 Å². The molecular weight excluding hydrogens is 342 g/mol. The number of alkyl carbamates (subject to hydrolysis) is 1. The fourth-order valence-corrected chi connectivity index (χ4v) is 3.42. The molecule has 134 valence electrons. The van der Waals surface area contributed by atoms with Crippen LogP contribution < -0.4 is 5.32 Å². The second-order valence-corrected chi connectivity index (χ2v) is 6.57. The van der Waals surface area contributed by atoms with Crippen LogP contribution in [0.3, 0.4) is 0 Å². The Labute approximate surface area is 150 Å². The van der Waals surface area contributed by atoms with Crippen LogP contribution in [0.5, 0.6) is 0 Å². The molecule has 1 heterocycles. The maximum absolute atomic E-state index is 11.4. The van der Waals surface area contributed by atoms with Gasteiger partial charge >= 0.3 is 6.09 Å². The molecule has 1 N–H and O–H groups in total. The first-order valence-corrected chi connectivity index (χ1v) is 8.96. The maximum Gasteiger partial charge on any atom is 0.407 e. The van der Waals surface area contributed by atoms with E-state index in [-0.39, 0.29) is 5.69 Å². The summed E-state index contributed by atoms with van der Waals surface area (Å²) in [7, 11) is 0. The van der Waals surface area contributed by atoms with Gasteiger partial charge in [0, 0.05) is 23.4 Å². The Balaban J connectivity index is 2.10. The van der Waals surface area contributed by atoms with Crippen molar-refractivity contribution < 1.29 is 14.5 Å². The number of rotatable bonds is 8. The lowest BCUT2D eigenvalue weighted by molar-refractivity contribution is -0.384. The molecule has 0 radical (unpaired) electrons. The number of thiazole rings is 1. The minimum absolute atomic E-state index is 0.0844. The molecule has 25 heavy (non-hydrogen) atoms. The Morgan fingerprint density at radius 2 is 2.04 bits per heavy atom. The van der Waals surface area contributed by atoms with Crippen LogP contribution in [0.1, 0.15) is 41.4 Å². The lowest BCUT2D eigenvalue weighted by Gasteiger charge is -2.02. The third-order valence-corrected chi connectivity index (χ3v) is 4.58. The van der Waals surface area contributed by atoms with Gasteiger partial charge in [-0.05, 0) is 18.9 Å². The zero-order valence-corrected chi connectivity index (χ0v) is 15.1. The summed E-state index contributed by atoms with van der Waals surface area (Å²) in [6.07, 6.45) is 2.05. The van der Waals surface area contributed by atoms with Gasteiger partial charge in [0.1, 0.15) is 5.01 Å². The third kappa shape index (κ3) is 5.53. The van der Waals surface area contributed by atoms with Crippen molar-refractivity contribution in [3.8, 4) is 0 Å². The molecule has 0 atom stereocenters. The summed E-state index contributed by atoms with van der Waals surface area (Å²) >= 11 is 1.55. The van der Waals surface area contributed by atoms with E-state index in [0.29, 0.717) is 19.6 Å². The molecule has 0 unspecified atom stereocenters. The molecule has 0 saturated heterocycles. The molecule has 0 aliphatic heterocycles. The summed E-state index contributed by atoms with van der Waals surface area (Å²) in [6, 6.07) is 6.56. The van der Waals surface area contributed by atoms with E-state index in [2.05, 4.69) is 17.2 Å². The number of carbonyl (C=O) groups excluding carboxylic acids is 1. The topological polar surface area (TPSA) is 94.4 Å². The van der Waals surface area contributed by atoms with Gasteiger partial charge in [-0.25, -0.2) is 9.78 Å². The Bertz CT molecular complexity index is 728. The number of non-ortho nitro benzene ring substituents is 1. The molecule has 0 fully saturated rings. The monoisotopic (exact) mass is 363 g/mol. The summed E-state index contributed by atoms with van der Waals surface area (Å²) < 4.78 is 4.85. The number of hydrogen-bond donors (Lipinski definition) is 1. The summed E-state index contributed by atoms with van der Waals surface area (Å²) in [4.78, 5) is 27.5. The van der Waals surface area contributed by atoms with Crippen LogP contribution in [0.15, 0.2) is 24.3 Å². The van der Waals surface area contributed by atoms with Gasteiger partial charge < -0.3 is 10.1 Å².